The Labute approximate surface area is 354 Å². The molecule has 2 aromatic rings. The molecule has 0 spiro atoms. The van der Waals surface area contributed by atoms with Crippen LogP contribution in [-0.2, 0) is 42.6 Å². The van der Waals surface area contributed by atoms with E-state index in [1.807, 2.05) is 13.8 Å². The van der Waals surface area contributed by atoms with Crippen molar-refractivity contribution in [2.75, 3.05) is 0 Å². The first kappa shape index (κ1) is 44.6. The molecule has 0 radical (unpaired) electrons. The smallest absolute Gasteiger partial charge is 0.757 e. The first-order valence-corrected chi connectivity index (χ1v) is 19.1. The number of nitro benzene ring substituents is 2. The summed E-state index contributed by atoms with van der Waals surface area (Å²) in [5.74, 6) is -0.965. The van der Waals surface area contributed by atoms with Crippen molar-refractivity contribution < 1.29 is 46.1 Å². The normalized spacial score (nSPS) is 18.0. The number of allylic oxidation sites excluding steroid dienone is 14. The van der Waals surface area contributed by atoms with E-state index < -0.39 is 41.6 Å². The monoisotopic (exact) mass is 840 g/mol. The Balaban J connectivity index is 0.000000248. The van der Waals surface area contributed by atoms with E-state index in [4.69, 9.17) is 9.11 Å². The van der Waals surface area contributed by atoms with Crippen molar-refractivity contribution >= 4 is 102 Å². The Bertz CT molecular complexity index is 2500. The molecule has 0 heterocycles. The second-order valence-corrected chi connectivity index (χ2v) is 14.7. The number of carbonyl (C=O) groups is 2. The number of ketones is 2. The Morgan fingerprint density at radius 3 is 1.28 bits per heavy atom. The van der Waals surface area contributed by atoms with Crippen LogP contribution in [0, 0.1) is 20.2 Å². The van der Waals surface area contributed by atoms with E-state index in [0.29, 0.717) is 35.1 Å². The third-order valence-electron chi connectivity index (χ3n) is 8.25. The molecule has 0 bridgehead atoms. The van der Waals surface area contributed by atoms with Gasteiger partial charge in [-0.25, -0.2) is 0 Å². The SMILES string of the molecule is CCc1ccc(N=NC2=C3C=CC(=S(=O)([O-])O)C=C3C=CC2=O)c([N+](=O)[O-])c1.CCc1ccc(N=NC2=C3C=CC(=S(=O)([O-])O)C=C3C=CC2=O)c([N+](=O)[O-])c1.[Ca+2]. The second-order valence-electron chi connectivity index (χ2n) is 11.8. The third kappa shape index (κ3) is 10.6. The van der Waals surface area contributed by atoms with Crippen LogP contribution in [0.15, 0.2) is 151 Å². The Kier molecular flexibility index (Phi) is 14.4. The zero-order valence-electron chi connectivity index (χ0n) is 29.8. The summed E-state index contributed by atoms with van der Waals surface area (Å²) in [6.45, 7) is 3.72. The van der Waals surface area contributed by atoms with Gasteiger partial charge in [0.1, 0.15) is 11.4 Å². The van der Waals surface area contributed by atoms with E-state index in [1.54, 1.807) is 12.1 Å². The Hall–Kier alpha value is -5.16. The molecule has 2 N–H and O–H groups in total. The van der Waals surface area contributed by atoms with Gasteiger partial charge in [-0.05, 0) is 83.7 Å². The van der Waals surface area contributed by atoms with Gasteiger partial charge in [0.2, 0.25) is 11.6 Å². The molecule has 18 nitrogen and oxygen atoms in total. The van der Waals surface area contributed by atoms with E-state index in [1.165, 1.54) is 72.9 Å². The molecule has 6 rings (SSSR count). The number of azo groups is 2. The van der Waals surface area contributed by atoms with Gasteiger partial charge in [0.05, 0.1) is 9.85 Å². The molecule has 0 aromatic heterocycles. The molecular formula is C36H28CaN6O12S2. The van der Waals surface area contributed by atoms with E-state index in [0.717, 1.165) is 23.3 Å². The molecule has 2 atom stereocenters. The summed E-state index contributed by atoms with van der Waals surface area (Å²) in [4.78, 5) is 45.1. The Morgan fingerprint density at radius 1 is 0.596 bits per heavy atom. The molecule has 0 saturated carbocycles. The van der Waals surface area contributed by atoms with Gasteiger partial charge in [0.15, 0.2) is 11.4 Å². The van der Waals surface area contributed by atoms with Crippen LogP contribution in [0.4, 0.5) is 22.7 Å². The average molecular weight is 841 g/mol. The quantitative estimate of drug-likeness (QED) is 0.102. The van der Waals surface area contributed by atoms with Crippen molar-refractivity contribution in [2.24, 2.45) is 20.5 Å². The van der Waals surface area contributed by atoms with Crippen LogP contribution in [0.3, 0.4) is 0 Å². The van der Waals surface area contributed by atoms with Gasteiger partial charge >= 0.3 is 37.7 Å². The number of carbonyl (C=O) groups excluding carboxylic acids is 2. The fourth-order valence-electron chi connectivity index (χ4n) is 5.32. The summed E-state index contributed by atoms with van der Waals surface area (Å²) in [7, 11) is -8.80. The Morgan fingerprint density at radius 2 is 0.965 bits per heavy atom. The topological polar surface area (TPSA) is 291 Å². The standard InChI is InChI=1S/2C18H15N3O6S.Ca/c2*1-2-11-3-7-15(16(9-11)21(23)24)19-20-18-14-6-5-13(28(25,26)27)10-12(14)4-8-17(18)22;/h2*3-10H,2H2,1H3,(H2,25,26,27);/q;;+2/p-2. The predicted octanol–water partition coefficient (Wildman–Crippen LogP) is 6.00. The third-order valence-corrected chi connectivity index (χ3v) is 9.95. The molecule has 288 valence electrons. The minimum Gasteiger partial charge on any atom is -0.757 e. The van der Waals surface area contributed by atoms with E-state index in [9.17, 15) is 47.3 Å². The van der Waals surface area contributed by atoms with E-state index >= 15 is 0 Å². The van der Waals surface area contributed by atoms with Gasteiger partial charge in [-0.2, -0.15) is 0 Å². The number of hydrogen-bond donors (Lipinski definition) is 2. The summed E-state index contributed by atoms with van der Waals surface area (Å²) in [5, 5.41) is 38.1. The molecule has 2 unspecified atom stereocenters. The number of hydrogen-bond acceptors (Lipinski definition) is 14. The zero-order valence-corrected chi connectivity index (χ0v) is 33.7. The second kappa shape index (κ2) is 18.4. The van der Waals surface area contributed by atoms with Gasteiger partial charge < -0.3 is 18.2 Å². The number of fused-ring (bicyclic) bond motifs is 2. The summed E-state index contributed by atoms with van der Waals surface area (Å²) in [6.07, 6.45) is 13.7. The van der Waals surface area contributed by atoms with Crippen LogP contribution < -0.4 is 0 Å². The van der Waals surface area contributed by atoms with Crippen molar-refractivity contribution in [1.29, 1.82) is 0 Å². The molecule has 0 aliphatic heterocycles. The van der Waals surface area contributed by atoms with Crippen molar-refractivity contribution in [2.45, 2.75) is 26.7 Å². The van der Waals surface area contributed by atoms with Crippen molar-refractivity contribution in [3.05, 3.63) is 162 Å². The minimum absolute atomic E-state index is 0. The van der Waals surface area contributed by atoms with E-state index in [2.05, 4.69) is 20.5 Å². The summed E-state index contributed by atoms with van der Waals surface area (Å²) in [5.41, 5.74) is 2.17. The molecule has 0 fully saturated rings. The fourth-order valence-corrected chi connectivity index (χ4v) is 6.35. The maximum Gasteiger partial charge on any atom is 2.00 e. The largest absolute Gasteiger partial charge is 2.00 e. The summed E-state index contributed by atoms with van der Waals surface area (Å²) in [6, 6.07) is 9.06. The molecule has 4 aliphatic carbocycles. The molecule has 0 amide bonds. The van der Waals surface area contributed by atoms with Crippen molar-refractivity contribution in [3.63, 3.8) is 0 Å². The van der Waals surface area contributed by atoms with Gasteiger partial charge in [0, 0.05) is 53.2 Å². The van der Waals surface area contributed by atoms with Crippen LogP contribution in [0.5, 0.6) is 0 Å². The van der Waals surface area contributed by atoms with E-state index in [-0.39, 0.29) is 81.6 Å². The molecule has 4 aliphatic rings. The van der Waals surface area contributed by atoms with Gasteiger partial charge in [-0.3, -0.25) is 38.2 Å². The summed E-state index contributed by atoms with van der Waals surface area (Å²) >= 11 is 0. The number of nitrogens with zero attached hydrogens (tertiary/aromatic N) is 6. The zero-order chi connectivity index (χ0) is 40.9. The first-order chi connectivity index (χ1) is 26.4. The molecular weight excluding hydrogens is 813 g/mol. The van der Waals surface area contributed by atoms with Crippen molar-refractivity contribution in [1.82, 2.24) is 0 Å². The summed E-state index contributed by atoms with van der Waals surface area (Å²) < 4.78 is 63.4. The van der Waals surface area contributed by atoms with Crippen LogP contribution >= 0.6 is 0 Å². The molecule has 2 aromatic carbocycles. The maximum atomic E-state index is 12.2. The first-order valence-electron chi connectivity index (χ1n) is 16.2. The fraction of sp³-hybridized carbons (Fsp3) is 0.111. The number of aryl methyl sites for hydroxylation is 2. The van der Waals surface area contributed by atoms with Crippen LogP contribution in [0.2, 0.25) is 0 Å². The van der Waals surface area contributed by atoms with Gasteiger partial charge in [-0.15, -0.1) is 20.5 Å². The predicted molar refractivity (Wildman–Crippen MR) is 210 cm³/mol. The van der Waals surface area contributed by atoms with Crippen LogP contribution in [0.25, 0.3) is 0 Å². The average Bonchev–Trinajstić information content (AvgIpc) is 3.16. The van der Waals surface area contributed by atoms with Gasteiger partial charge in [-0.1, -0.05) is 50.3 Å². The molecule has 0 saturated heterocycles. The van der Waals surface area contributed by atoms with Crippen molar-refractivity contribution in [3.8, 4) is 0 Å². The van der Waals surface area contributed by atoms with Crippen LogP contribution in [-0.4, -0.2) is 95.5 Å². The number of nitro groups is 2. The number of rotatable bonds is 8. The molecule has 21 heteroatoms. The molecule has 57 heavy (non-hydrogen) atoms. The van der Waals surface area contributed by atoms with Gasteiger partial charge in [0.25, 0.3) is 11.4 Å². The van der Waals surface area contributed by atoms with Crippen LogP contribution in [0.1, 0.15) is 25.0 Å². The maximum absolute atomic E-state index is 12.2. The number of benzene rings is 2. The minimum atomic E-state index is -4.40.